The molecule has 0 fully saturated rings. The van der Waals surface area contributed by atoms with Crippen molar-refractivity contribution in [2.24, 2.45) is 0 Å². The molecule has 1 rings (SSSR count). The summed E-state index contributed by atoms with van der Waals surface area (Å²) >= 11 is 0. The standard InChI is InChI=1S/C13H21O4P/c1-4-16-18(14,17-5-2)11-10-12-6-8-13(15-3)9-7-12/h6-9H,4-5,10-11H2,1-3H3. The largest absolute Gasteiger partial charge is 0.497 e. The van der Waals surface area contributed by atoms with E-state index in [-0.39, 0.29) is 0 Å². The van der Waals surface area contributed by atoms with Gasteiger partial charge in [0, 0.05) is 0 Å². The third-order valence-electron chi connectivity index (χ3n) is 2.48. The van der Waals surface area contributed by atoms with Gasteiger partial charge in [0.05, 0.1) is 26.5 Å². The van der Waals surface area contributed by atoms with E-state index in [1.165, 1.54) is 0 Å². The molecule has 0 aliphatic heterocycles. The molecule has 0 atom stereocenters. The Bertz CT molecular complexity index is 378. The van der Waals surface area contributed by atoms with Crippen molar-refractivity contribution in [3.05, 3.63) is 29.8 Å². The molecule has 1 aromatic carbocycles. The fourth-order valence-electron chi connectivity index (χ4n) is 1.62. The van der Waals surface area contributed by atoms with Gasteiger partial charge in [-0.05, 0) is 38.0 Å². The van der Waals surface area contributed by atoms with Gasteiger partial charge in [-0.25, -0.2) is 0 Å². The molecule has 0 radical (unpaired) electrons. The predicted molar refractivity (Wildman–Crippen MR) is 72.4 cm³/mol. The number of methoxy groups -OCH3 is 1. The number of benzene rings is 1. The van der Waals surface area contributed by atoms with Crippen molar-refractivity contribution in [3.63, 3.8) is 0 Å². The SMILES string of the molecule is CCOP(=O)(CCc1ccc(OC)cc1)OCC. The van der Waals surface area contributed by atoms with Gasteiger partial charge in [-0.15, -0.1) is 0 Å². The Morgan fingerprint density at radius 3 is 2.06 bits per heavy atom. The molecule has 0 aromatic heterocycles. The Morgan fingerprint density at radius 1 is 1.06 bits per heavy atom. The van der Waals surface area contributed by atoms with Crippen molar-refractivity contribution < 1.29 is 18.3 Å². The highest BCUT2D eigenvalue weighted by molar-refractivity contribution is 7.53. The Labute approximate surface area is 109 Å². The van der Waals surface area contributed by atoms with Crippen LogP contribution in [0.15, 0.2) is 24.3 Å². The van der Waals surface area contributed by atoms with E-state index in [0.29, 0.717) is 25.8 Å². The summed E-state index contributed by atoms with van der Waals surface area (Å²) in [4.78, 5) is 0. The van der Waals surface area contributed by atoms with Gasteiger partial charge in [0.2, 0.25) is 0 Å². The van der Waals surface area contributed by atoms with Gasteiger partial charge in [-0.3, -0.25) is 4.57 Å². The lowest BCUT2D eigenvalue weighted by Crippen LogP contribution is -2.02. The van der Waals surface area contributed by atoms with Crippen molar-refractivity contribution in [1.29, 1.82) is 0 Å². The van der Waals surface area contributed by atoms with E-state index < -0.39 is 7.60 Å². The number of aryl methyl sites for hydroxylation is 1. The number of rotatable bonds is 8. The average Bonchev–Trinajstić information content (AvgIpc) is 2.38. The fraction of sp³-hybridized carbons (Fsp3) is 0.538. The number of hydrogen-bond acceptors (Lipinski definition) is 4. The van der Waals surface area contributed by atoms with Crippen LogP contribution < -0.4 is 4.74 Å². The first-order chi connectivity index (χ1) is 8.63. The van der Waals surface area contributed by atoms with Crippen molar-refractivity contribution in [2.75, 3.05) is 26.5 Å². The Morgan fingerprint density at radius 2 is 1.61 bits per heavy atom. The van der Waals surface area contributed by atoms with Crippen LogP contribution in [0, 0.1) is 0 Å². The quantitative estimate of drug-likeness (QED) is 0.679. The van der Waals surface area contributed by atoms with E-state index >= 15 is 0 Å². The molecule has 102 valence electrons. The van der Waals surface area contributed by atoms with Crippen molar-refractivity contribution >= 4 is 7.60 Å². The maximum atomic E-state index is 12.2. The van der Waals surface area contributed by atoms with Crippen LogP contribution in [0.1, 0.15) is 19.4 Å². The van der Waals surface area contributed by atoms with Crippen molar-refractivity contribution in [1.82, 2.24) is 0 Å². The summed E-state index contributed by atoms with van der Waals surface area (Å²) in [5.74, 6) is 0.816. The van der Waals surface area contributed by atoms with Gasteiger partial charge in [-0.1, -0.05) is 12.1 Å². The summed E-state index contributed by atoms with van der Waals surface area (Å²) in [5, 5.41) is 0. The molecule has 0 N–H and O–H groups in total. The maximum Gasteiger partial charge on any atom is 0.330 e. The summed E-state index contributed by atoms with van der Waals surface area (Å²) in [5.41, 5.74) is 1.09. The predicted octanol–water partition coefficient (Wildman–Crippen LogP) is 3.50. The molecule has 18 heavy (non-hydrogen) atoms. The Kier molecular flexibility index (Phi) is 6.41. The van der Waals surface area contributed by atoms with Gasteiger partial charge in [-0.2, -0.15) is 0 Å². The van der Waals surface area contributed by atoms with E-state index in [1.807, 2.05) is 38.1 Å². The van der Waals surface area contributed by atoms with Crippen molar-refractivity contribution in [2.45, 2.75) is 20.3 Å². The Balaban J connectivity index is 2.58. The molecule has 5 heteroatoms. The topological polar surface area (TPSA) is 44.8 Å². The molecule has 0 saturated carbocycles. The zero-order valence-corrected chi connectivity index (χ0v) is 12.1. The molecule has 1 aromatic rings. The number of ether oxygens (including phenoxy) is 1. The second-order valence-corrected chi connectivity index (χ2v) is 5.95. The highest BCUT2D eigenvalue weighted by Gasteiger charge is 2.22. The molecular weight excluding hydrogens is 251 g/mol. The highest BCUT2D eigenvalue weighted by Crippen LogP contribution is 2.48. The molecule has 0 saturated heterocycles. The molecule has 4 nitrogen and oxygen atoms in total. The van der Waals surface area contributed by atoms with Gasteiger partial charge in [0.15, 0.2) is 0 Å². The molecule has 0 unspecified atom stereocenters. The maximum absolute atomic E-state index is 12.2. The zero-order valence-electron chi connectivity index (χ0n) is 11.2. The zero-order chi connectivity index (χ0) is 13.4. The summed E-state index contributed by atoms with van der Waals surface area (Å²) in [6, 6.07) is 7.70. The lowest BCUT2D eigenvalue weighted by atomic mass is 10.2. The number of hydrogen-bond donors (Lipinski definition) is 0. The highest BCUT2D eigenvalue weighted by atomic mass is 31.2. The summed E-state index contributed by atoms with van der Waals surface area (Å²) < 4.78 is 27.8. The first-order valence-corrected chi connectivity index (χ1v) is 7.87. The molecular formula is C13H21O4P. The van der Waals surface area contributed by atoms with Gasteiger partial charge >= 0.3 is 7.60 Å². The normalized spacial score (nSPS) is 11.5. The summed E-state index contributed by atoms with van der Waals surface area (Å²) in [6.07, 6.45) is 1.07. The third kappa shape index (κ3) is 4.81. The van der Waals surface area contributed by atoms with Crippen LogP contribution >= 0.6 is 7.60 Å². The summed E-state index contributed by atoms with van der Waals surface area (Å²) in [6.45, 7) is 4.44. The van der Waals surface area contributed by atoms with Gasteiger partial charge in [0.1, 0.15) is 5.75 Å². The van der Waals surface area contributed by atoms with Crippen molar-refractivity contribution in [3.8, 4) is 5.75 Å². The summed E-state index contributed by atoms with van der Waals surface area (Å²) in [7, 11) is -1.30. The first kappa shape index (κ1) is 15.2. The van der Waals surface area contributed by atoms with E-state index in [2.05, 4.69) is 0 Å². The fourth-order valence-corrected chi connectivity index (χ4v) is 3.27. The lowest BCUT2D eigenvalue weighted by Gasteiger charge is -2.16. The van der Waals surface area contributed by atoms with Crippen LogP contribution in [0.5, 0.6) is 5.75 Å². The van der Waals surface area contributed by atoms with E-state index in [1.54, 1.807) is 7.11 Å². The van der Waals surface area contributed by atoms with E-state index in [0.717, 1.165) is 11.3 Å². The molecule has 0 bridgehead atoms. The minimum atomic E-state index is -2.93. The minimum absolute atomic E-state index is 0.403. The molecule has 0 amide bonds. The molecule has 0 aliphatic rings. The second-order valence-electron chi connectivity index (χ2n) is 3.77. The van der Waals surface area contributed by atoms with Crippen LogP contribution in [0.25, 0.3) is 0 Å². The van der Waals surface area contributed by atoms with E-state index in [4.69, 9.17) is 13.8 Å². The average molecular weight is 272 g/mol. The monoisotopic (exact) mass is 272 g/mol. The van der Waals surface area contributed by atoms with Gasteiger partial charge in [0.25, 0.3) is 0 Å². The third-order valence-corrected chi connectivity index (χ3v) is 4.56. The van der Waals surface area contributed by atoms with E-state index in [9.17, 15) is 4.57 Å². The van der Waals surface area contributed by atoms with Crippen LogP contribution in [-0.4, -0.2) is 26.5 Å². The Hall–Kier alpha value is -0.830. The lowest BCUT2D eigenvalue weighted by molar-refractivity contribution is 0.220. The van der Waals surface area contributed by atoms with Crippen LogP contribution in [0.2, 0.25) is 0 Å². The molecule has 0 spiro atoms. The first-order valence-electron chi connectivity index (χ1n) is 6.14. The molecule has 0 heterocycles. The second kappa shape index (κ2) is 7.57. The van der Waals surface area contributed by atoms with Crippen LogP contribution in [0.4, 0.5) is 0 Å². The van der Waals surface area contributed by atoms with Crippen LogP contribution in [0.3, 0.4) is 0 Å². The van der Waals surface area contributed by atoms with Crippen LogP contribution in [-0.2, 0) is 20.0 Å². The smallest absolute Gasteiger partial charge is 0.330 e. The van der Waals surface area contributed by atoms with Gasteiger partial charge < -0.3 is 13.8 Å². The molecule has 0 aliphatic carbocycles. The minimum Gasteiger partial charge on any atom is -0.497 e.